The number of ether oxygens (including phenoxy) is 3. The number of anilines is 2. The maximum atomic E-state index is 14.2. The number of nitrogens with zero attached hydrogens (tertiary/aromatic N) is 3. The number of methoxy groups -OCH3 is 1. The van der Waals surface area contributed by atoms with E-state index in [0.717, 1.165) is 6.26 Å². The number of halogens is 1. The van der Waals surface area contributed by atoms with Gasteiger partial charge in [-0.2, -0.15) is 0 Å². The Morgan fingerprint density at radius 3 is 2.84 bits per heavy atom. The predicted molar refractivity (Wildman–Crippen MR) is 115 cm³/mol. The van der Waals surface area contributed by atoms with Gasteiger partial charge in [-0.1, -0.05) is 0 Å². The van der Waals surface area contributed by atoms with Crippen molar-refractivity contribution in [3.8, 4) is 17.4 Å². The number of fused-ring (bicyclic) bond motifs is 1. The standard InChI is InChI=1S/C21H24FN3O6S/c1-29-21-17(22)9-14(11-23-21)25-7-8-30-19-4-3-15(10-18(19)25)31-16-5-6-24(12-16)20(26)13-32(2,27)28/h3-4,9-11,16H,5-8,12-13H2,1-2H3/t16-/m0/s1. The number of sulfone groups is 1. The number of likely N-dealkylation sites (tertiary alicyclic amines) is 1. The summed E-state index contributed by atoms with van der Waals surface area (Å²) in [5.41, 5.74) is 1.27. The first kappa shape index (κ1) is 22.1. The molecule has 3 heterocycles. The number of pyridine rings is 1. The van der Waals surface area contributed by atoms with Gasteiger partial charge in [0, 0.05) is 31.4 Å². The van der Waals surface area contributed by atoms with Gasteiger partial charge in [0.05, 0.1) is 37.8 Å². The maximum Gasteiger partial charge on any atom is 0.250 e. The summed E-state index contributed by atoms with van der Waals surface area (Å²) < 4.78 is 53.6. The first-order valence-corrected chi connectivity index (χ1v) is 12.2. The van der Waals surface area contributed by atoms with Crippen molar-refractivity contribution < 1.29 is 31.8 Å². The van der Waals surface area contributed by atoms with Crippen LogP contribution in [0, 0.1) is 5.82 Å². The Labute approximate surface area is 185 Å². The SMILES string of the molecule is COc1ncc(N2CCOc3ccc(O[C@H]4CCN(C(=O)CS(C)(=O)=O)C4)cc32)cc1F. The van der Waals surface area contributed by atoms with Crippen molar-refractivity contribution in [3.05, 3.63) is 36.3 Å². The first-order chi connectivity index (χ1) is 15.2. The zero-order valence-electron chi connectivity index (χ0n) is 17.8. The minimum Gasteiger partial charge on any atom is -0.490 e. The smallest absolute Gasteiger partial charge is 0.250 e. The number of amides is 1. The lowest BCUT2D eigenvalue weighted by atomic mass is 10.2. The second-order valence-electron chi connectivity index (χ2n) is 7.75. The van der Waals surface area contributed by atoms with Gasteiger partial charge in [0.15, 0.2) is 15.7 Å². The Morgan fingerprint density at radius 1 is 1.31 bits per heavy atom. The summed E-state index contributed by atoms with van der Waals surface area (Å²) in [5.74, 6) is -0.347. The zero-order chi connectivity index (χ0) is 22.9. The molecule has 1 atom stereocenters. The van der Waals surface area contributed by atoms with Crippen molar-refractivity contribution in [2.75, 3.05) is 50.3 Å². The molecule has 1 amide bonds. The number of carbonyl (C=O) groups is 1. The van der Waals surface area contributed by atoms with E-state index in [9.17, 15) is 17.6 Å². The molecule has 0 N–H and O–H groups in total. The van der Waals surface area contributed by atoms with Gasteiger partial charge in [-0.05, 0) is 12.1 Å². The molecule has 0 saturated carbocycles. The van der Waals surface area contributed by atoms with Crippen LogP contribution in [0.1, 0.15) is 6.42 Å². The van der Waals surface area contributed by atoms with Gasteiger partial charge in [-0.25, -0.2) is 17.8 Å². The van der Waals surface area contributed by atoms with Gasteiger partial charge >= 0.3 is 0 Å². The Morgan fingerprint density at radius 2 is 2.12 bits per heavy atom. The molecular formula is C21H24FN3O6S. The summed E-state index contributed by atoms with van der Waals surface area (Å²) in [7, 11) is -2.02. The molecule has 11 heteroatoms. The highest BCUT2D eigenvalue weighted by Crippen LogP contribution is 2.40. The Bertz CT molecular complexity index is 1130. The van der Waals surface area contributed by atoms with Crippen molar-refractivity contribution in [3.63, 3.8) is 0 Å². The van der Waals surface area contributed by atoms with Crippen molar-refractivity contribution in [2.24, 2.45) is 0 Å². The summed E-state index contributed by atoms with van der Waals surface area (Å²) >= 11 is 0. The zero-order valence-corrected chi connectivity index (χ0v) is 18.6. The van der Waals surface area contributed by atoms with Gasteiger partial charge in [-0.15, -0.1) is 0 Å². The lowest BCUT2D eigenvalue weighted by Crippen LogP contribution is -2.35. The van der Waals surface area contributed by atoms with Crippen molar-refractivity contribution in [1.29, 1.82) is 0 Å². The van der Waals surface area contributed by atoms with Crippen LogP contribution in [0.3, 0.4) is 0 Å². The number of hydrogen-bond donors (Lipinski definition) is 0. The number of carbonyl (C=O) groups excluding carboxylic acids is 1. The summed E-state index contributed by atoms with van der Waals surface area (Å²) in [5, 5.41) is 0. The molecule has 0 aliphatic carbocycles. The predicted octanol–water partition coefficient (Wildman–Crippen LogP) is 1.78. The maximum absolute atomic E-state index is 14.2. The number of benzene rings is 1. The van der Waals surface area contributed by atoms with E-state index < -0.39 is 27.3 Å². The summed E-state index contributed by atoms with van der Waals surface area (Å²) in [6.45, 7) is 1.69. The van der Waals surface area contributed by atoms with E-state index in [1.807, 2.05) is 4.90 Å². The molecule has 2 aliphatic heterocycles. The van der Waals surface area contributed by atoms with Crippen LogP contribution < -0.4 is 19.1 Å². The second kappa shape index (κ2) is 8.81. The Hall–Kier alpha value is -3.08. The highest BCUT2D eigenvalue weighted by Gasteiger charge is 2.30. The molecule has 2 aromatic rings. The monoisotopic (exact) mass is 465 g/mol. The molecule has 9 nitrogen and oxygen atoms in total. The molecule has 0 radical (unpaired) electrons. The lowest BCUT2D eigenvalue weighted by Gasteiger charge is -2.31. The van der Waals surface area contributed by atoms with E-state index in [0.29, 0.717) is 55.5 Å². The first-order valence-electron chi connectivity index (χ1n) is 10.1. The van der Waals surface area contributed by atoms with E-state index in [4.69, 9.17) is 14.2 Å². The van der Waals surface area contributed by atoms with Crippen LogP contribution in [0.5, 0.6) is 17.4 Å². The van der Waals surface area contributed by atoms with Crippen LogP contribution in [0.25, 0.3) is 0 Å². The molecule has 1 aromatic carbocycles. The highest BCUT2D eigenvalue weighted by molar-refractivity contribution is 7.91. The number of hydrogen-bond acceptors (Lipinski definition) is 8. The van der Waals surface area contributed by atoms with Gasteiger partial charge in [0.2, 0.25) is 11.8 Å². The van der Waals surface area contributed by atoms with Crippen LogP contribution >= 0.6 is 0 Å². The van der Waals surface area contributed by atoms with Crippen molar-refractivity contribution in [1.82, 2.24) is 9.88 Å². The molecule has 0 spiro atoms. The lowest BCUT2D eigenvalue weighted by molar-refractivity contribution is -0.127. The summed E-state index contributed by atoms with van der Waals surface area (Å²) in [4.78, 5) is 19.5. The average molecular weight is 466 g/mol. The van der Waals surface area contributed by atoms with Crippen LogP contribution in [-0.2, 0) is 14.6 Å². The topological polar surface area (TPSA) is 98.3 Å². The van der Waals surface area contributed by atoms with E-state index in [-0.39, 0.29) is 12.0 Å². The Balaban J connectivity index is 1.49. The van der Waals surface area contributed by atoms with Crippen molar-refractivity contribution in [2.45, 2.75) is 12.5 Å². The average Bonchev–Trinajstić information content (AvgIpc) is 3.21. The molecule has 1 saturated heterocycles. The van der Waals surface area contributed by atoms with Crippen LogP contribution in [0.15, 0.2) is 30.5 Å². The van der Waals surface area contributed by atoms with E-state index in [1.54, 1.807) is 18.2 Å². The minimum absolute atomic E-state index is 0.0736. The quantitative estimate of drug-likeness (QED) is 0.637. The van der Waals surface area contributed by atoms with Gasteiger partial charge in [-0.3, -0.25) is 4.79 Å². The van der Waals surface area contributed by atoms with E-state index in [1.165, 1.54) is 24.3 Å². The molecule has 0 unspecified atom stereocenters. The Kier molecular flexibility index (Phi) is 6.09. The molecule has 2 aliphatic rings. The third-order valence-electron chi connectivity index (χ3n) is 5.28. The van der Waals surface area contributed by atoms with Crippen LogP contribution in [0.4, 0.5) is 15.8 Å². The highest BCUT2D eigenvalue weighted by atomic mass is 32.2. The number of rotatable bonds is 6. The van der Waals surface area contributed by atoms with E-state index in [2.05, 4.69) is 4.98 Å². The third-order valence-corrected chi connectivity index (χ3v) is 6.05. The fourth-order valence-electron chi connectivity index (χ4n) is 3.81. The van der Waals surface area contributed by atoms with Gasteiger partial charge in [0.25, 0.3) is 0 Å². The van der Waals surface area contributed by atoms with Gasteiger partial charge < -0.3 is 24.0 Å². The summed E-state index contributed by atoms with van der Waals surface area (Å²) in [6, 6.07) is 6.72. The molecule has 1 fully saturated rings. The molecular weight excluding hydrogens is 441 g/mol. The molecule has 1 aromatic heterocycles. The van der Waals surface area contributed by atoms with Crippen molar-refractivity contribution >= 4 is 27.1 Å². The normalized spacial score (nSPS) is 18.2. The molecule has 0 bridgehead atoms. The van der Waals surface area contributed by atoms with Crippen LogP contribution in [0.2, 0.25) is 0 Å². The third kappa shape index (κ3) is 4.87. The van der Waals surface area contributed by atoms with E-state index >= 15 is 0 Å². The molecule has 172 valence electrons. The fourth-order valence-corrected chi connectivity index (χ4v) is 4.44. The minimum atomic E-state index is -3.38. The molecule has 4 rings (SSSR count). The largest absolute Gasteiger partial charge is 0.490 e. The van der Waals surface area contributed by atoms with Gasteiger partial charge in [0.1, 0.15) is 30.0 Å². The fraction of sp³-hybridized carbons (Fsp3) is 0.429. The number of aromatic nitrogens is 1. The molecule has 32 heavy (non-hydrogen) atoms. The second-order valence-corrected chi connectivity index (χ2v) is 9.89. The van der Waals surface area contributed by atoms with Crippen LogP contribution in [-0.4, -0.2) is 75.7 Å². The summed E-state index contributed by atoms with van der Waals surface area (Å²) in [6.07, 6.45) is 2.92.